The van der Waals surface area contributed by atoms with E-state index in [2.05, 4.69) is 87.1 Å². The summed E-state index contributed by atoms with van der Waals surface area (Å²) in [5, 5.41) is 31.9. The van der Waals surface area contributed by atoms with E-state index in [1.807, 2.05) is 0 Å². The van der Waals surface area contributed by atoms with Crippen molar-refractivity contribution in [3.63, 3.8) is 0 Å². The zero-order valence-corrected chi connectivity index (χ0v) is 69.2. The van der Waals surface area contributed by atoms with E-state index in [1.54, 1.807) is 0 Å². The molecule has 0 spiro atoms. The molecule has 0 radical (unpaired) electrons. The van der Waals surface area contributed by atoms with Crippen LogP contribution >= 0.6 is 15.6 Å². The third-order valence-electron chi connectivity index (χ3n) is 18.4. The molecule has 626 valence electrons. The number of rotatable bonds is 76. The average Bonchev–Trinajstić information content (AvgIpc) is 0.843. The Morgan fingerprint density at radius 1 is 0.398 bits per heavy atom. The number of phosphoric ester groups is 2. The minimum atomic E-state index is -5.09. The predicted molar refractivity (Wildman–Crippen MR) is 423 cm³/mol. The first-order valence-corrected chi connectivity index (χ1v) is 44.8. The molecule has 1 aromatic carbocycles. The van der Waals surface area contributed by atoms with Gasteiger partial charge in [-0.1, -0.05) is 232 Å². The third-order valence-corrected chi connectivity index (χ3v) is 20.3. The number of aliphatic hydroxyl groups is 2. The molecule has 0 aliphatic carbocycles. The highest BCUT2D eigenvalue weighted by Gasteiger charge is 2.26. The Bertz CT molecular complexity index is 2430. The SMILES string of the molecule is CCCCCC/C=C\CCCC(=O)O[C@H](CCCCCCC)CC(=O)NC(COCCC(O)CCCCCCC)COP(=O)([O-])OCCNC(=O)c1ccccc1C(=O)NCCOP(=O)([O-])OCC(COCCC(O)CCCCCCC)NC(=O)C[C@@H](CCCCCCC)OC(=O)CCC/C=C\CCCCCC. The Hall–Kier alpha value is -4.42. The molecule has 6 unspecified atom stereocenters. The van der Waals surface area contributed by atoms with Gasteiger partial charge in [0.15, 0.2) is 0 Å². The Morgan fingerprint density at radius 2 is 0.713 bits per heavy atom. The molecule has 6 N–H and O–H groups in total. The summed E-state index contributed by atoms with van der Waals surface area (Å²) in [7, 11) is -10.2. The van der Waals surface area contributed by atoms with Gasteiger partial charge in [0.25, 0.3) is 27.5 Å². The van der Waals surface area contributed by atoms with Crippen molar-refractivity contribution in [2.24, 2.45) is 0 Å². The van der Waals surface area contributed by atoms with Gasteiger partial charge in [-0.2, -0.15) is 0 Å². The first kappa shape index (κ1) is 102. The number of allylic oxidation sites excluding steroid dienone is 4. The van der Waals surface area contributed by atoms with E-state index >= 15 is 0 Å². The van der Waals surface area contributed by atoms with E-state index in [0.717, 1.165) is 167 Å². The maximum absolute atomic E-state index is 13.7. The van der Waals surface area contributed by atoms with Gasteiger partial charge >= 0.3 is 11.9 Å². The van der Waals surface area contributed by atoms with Gasteiger partial charge in [0.2, 0.25) is 11.8 Å². The minimum Gasteiger partial charge on any atom is -0.756 e. The molecule has 26 heteroatoms. The van der Waals surface area contributed by atoms with Crippen molar-refractivity contribution in [1.29, 1.82) is 0 Å². The van der Waals surface area contributed by atoms with Crippen LogP contribution in [-0.4, -0.2) is 148 Å². The van der Waals surface area contributed by atoms with Crippen LogP contribution in [0.5, 0.6) is 0 Å². The van der Waals surface area contributed by atoms with Crippen molar-refractivity contribution in [3.8, 4) is 0 Å². The second-order valence-corrected chi connectivity index (χ2v) is 31.5. The molecule has 8 atom stereocenters. The number of aliphatic hydroxyl groups excluding tert-OH is 2. The molecule has 1 aromatic rings. The minimum absolute atomic E-state index is 0.103. The normalized spacial score (nSPS) is 14.5. The van der Waals surface area contributed by atoms with E-state index in [4.69, 9.17) is 37.0 Å². The van der Waals surface area contributed by atoms with Gasteiger partial charge in [0.1, 0.15) is 12.2 Å². The molecule has 108 heavy (non-hydrogen) atoms. The van der Waals surface area contributed by atoms with Crippen molar-refractivity contribution in [2.45, 2.75) is 361 Å². The van der Waals surface area contributed by atoms with Gasteiger partial charge in [0.05, 0.1) is 87.9 Å². The highest BCUT2D eigenvalue weighted by Crippen LogP contribution is 2.39. The summed E-state index contributed by atoms with van der Waals surface area (Å²) >= 11 is 0. The number of esters is 2. The van der Waals surface area contributed by atoms with Crippen molar-refractivity contribution in [2.75, 3.05) is 65.9 Å². The van der Waals surface area contributed by atoms with Crippen LogP contribution < -0.4 is 31.1 Å². The Balaban J connectivity index is 3.04. The Kier molecular flexibility index (Phi) is 65.2. The fourth-order valence-electron chi connectivity index (χ4n) is 12.0. The summed E-state index contributed by atoms with van der Waals surface area (Å²) in [6.07, 6.45) is 42.8. The van der Waals surface area contributed by atoms with Gasteiger partial charge in [-0.05, 0) is 115 Å². The summed E-state index contributed by atoms with van der Waals surface area (Å²) in [5.41, 5.74) is -0.206. The summed E-state index contributed by atoms with van der Waals surface area (Å²) in [6.45, 7) is 9.67. The maximum Gasteiger partial charge on any atom is 0.306 e. The molecule has 0 aliphatic rings. The van der Waals surface area contributed by atoms with E-state index in [-0.39, 0.29) is 76.3 Å². The fraction of sp³-hybridized carbons (Fsp3) is 0.805. The molecule has 0 heterocycles. The number of ether oxygens (including phenoxy) is 4. The van der Waals surface area contributed by atoms with Gasteiger partial charge in [-0.15, -0.1) is 0 Å². The Labute approximate surface area is 650 Å². The van der Waals surface area contributed by atoms with Gasteiger partial charge in [0, 0.05) is 39.1 Å². The number of carbonyl (C=O) groups excluding carboxylic acids is 6. The number of benzene rings is 1. The summed E-state index contributed by atoms with van der Waals surface area (Å²) in [4.78, 5) is 107. The van der Waals surface area contributed by atoms with Crippen LogP contribution in [0.1, 0.15) is 345 Å². The predicted octanol–water partition coefficient (Wildman–Crippen LogP) is 16.1. The van der Waals surface area contributed by atoms with E-state index in [1.165, 1.54) is 62.8 Å². The van der Waals surface area contributed by atoms with Gasteiger partial charge in [-0.25, -0.2) is 0 Å². The number of hydrogen-bond acceptors (Lipinski definition) is 20. The monoisotopic (exact) mass is 1570 g/mol. The van der Waals surface area contributed by atoms with Crippen LogP contribution in [0.4, 0.5) is 0 Å². The Morgan fingerprint density at radius 3 is 1.06 bits per heavy atom. The average molecular weight is 1570 g/mol. The van der Waals surface area contributed by atoms with Gasteiger partial charge < -0.3 is 78.3 Å². The highest BCUT2D eigenvalue weighted by molar-refractivity contribution is 7.46. The molecule has 0 bridgehead atoms. The largest absolute Gasteiger partial charge is 0.756 e. The number of nitrogens with one attached hydrogen (secondary N) is 4. The van der Waals surface area contributed by atoms with Crippen molar-refractivity contribution in [1.82, 2.24) is 21.3 Å². The van der Waals surface area contributed by atoms with Crippen LogP contribution in [0.3, 0.4) is 0 Å². The number of hydrogen-bond donors (Lipinski definition) is 6. The number of unbranched alkanes of at least 4 members (excludes halogenated alkanes) is 26. The van der Waals surface area contributed by atoms with Crippen LogP contribution in [0.2, 0.25) is 0 Å². The molecule has 0 saturated heterocycles. The van der Waals surface area contributed by atoms with E-state index < -0.39 is 114 Å². The molecule has 0 fully saturated rings. The zero-order valence-electron chi connectivity index (χ0n) is 67.4. The summed E-state index contributed by atoms with van der Waals surface area (Å²) < 4.78 is 70.6. The molecule has 0 saturated carbocycles. The molecular weight excluding hydrogens is 1420 g/mol. The molecule has 1 rings (SSSR count). The lowest BCUT2D eigenvalue weighted by Crippen LogP contribution is -2.43. The van der Waals surface area contributed by atoms with Crippen LogP contribution in [-0.2, 0) is 65.4 Å². The molecule has 0 aromatic heterocycles. The van der Waals surface area contributed by atoms with Crippen molar-refractivity contribution >= 4 is 51.2 Å². The summed E-state index contributed by atoms with van der Waals surface area (Å²) in [5.74, 6) is -3.35. The van der Waals surface area contributed by atoms with E-state index in [0.29, 0.717) is 51.4 Å². The lowest BCUT2D eigenvalue weighted by molar-refractivity contribution is -0.227. The van der Waals surface area contributed by atoms with Gasteiger partial charge in [-0.3, -0.25) is 37.9 Å². The van der Waals surface area contributed by atoms with Crippen molar-refractivity contribution < 1.29 is 94.9 Å². The topological polar surface area (TPSA) is 345 Å². The lowest BCUT2D eigenvalue weighted by atomic mass is 10.1. The third kappa shape index (κ3) is 60.3. The second-order valence-electron chi connectivity index (χ2n) is 28.6. The second kappa shape index (κ2) is 69.3. The number of carbonyl (C=O) groups is 6. The molecule has 4 amide bonds. The lowest BCUT2D eigenvalue weighted by Gasteiger charge is -2.27. The first-order valence-electron chi connectivity index (χ1n) is 41.9. The highest BCUT2D eigenvalue weighted by atomic mass is 31.2. The van der Waals surface area contributed by atoms with Crippen molar-refractivity contribution in [3.05, 3.63) is 59.7 Å². The number of phosphoric acid groups is 2. The standard InChI is InChI=1S/C82H148N4O20P2/c1-7-13-19-25-27-29-31-37-43-53-79(91)105-73(49-41-35-23-17-11-5)63-77(89)85-69(65-99-59-55-71(87)47-39-33-21-15-9-3)67-103-107(95,96)101-61-57-83-81(93)75-51-45-46-52-76(75)82(94)84-58-62-102-108(97,98)104-68-70(66-100-60-56-72(88)48-40-34-22-16-10-4)86-78(90)64-74(50-42-36-24-18-12-6)106-80(92)54-44-38-32-30-28-26-20-14-8-2/h29-32,45-46,51-52,69-74,87-88H,7-28,33-44,47-50,53-68H2,1-6H3,(H,83,93)(H,84,94)(H,85,89)(H,86,90)(H,95,96)(H,97,98)/p-2/b31-29-,32-30-/t69?,70?,71?,72?,73-,74-/m1/s1. The first-order chi connectivity index (χ1) is 52.2. The smallest absolute Gasteiger partial charge is 0.306 e. The summed E-state index contributed by atoms with van der Waals surface area (Å²) in [6, 6.07) is 3.72. The van der Waals surface area contributed by atoms with Crippen LogP contribution in [0.25, 0.3) is 0 Å². The van der Waals surface area contributed by atoms with Crippen LogP contribution in [0.15, 0.2) is 48.6 Å². The molecular formula is C82H146N4O20P2-2. The maximum atomic E-state index is 13.7. The number of amides is 4. The molecule has 0 aliphatic heterocycles. The fourth-order valence-corrected chi connectivity index (χ4v) is 13.5. The quantitative estimate of drug-likeness (QED) is 0.0153. The molecule has 24 nitrogen and oxygen atoms in total. The zero-order chi connectivity index (χ0) is 79.4. The van der Waals surface area contributed by atoms with Crippen LogP contribution in [0, 0.1) is 0 Å². The van der Waals surface area contributed by atoms with E-state index in [9.17, 15) is 57.9 Å².